The summed E-state index contributed by atoms with van der Waals surface area (Å²) >= 11 is 0. The van der Waals surface area contributed by atoms with Gasteiger partial charge in [0.15, 0.2) is 0 Å². The maximum Gasteiger partial charge on any atom is 0.306 e. The van der Waals surface area contributed by atoms with Crippen LogP contribution in [0.3, 0.4) is 0 Å². The zero-order chi connectivity index (χ0) is 29.4. The second-order valence-electron chi connectivity index (χ2n) is 12.1. The Morgan fingerprint density at radius 3 is 1.35 bits per heavy atom. The normalized spacial score (nSPS) is 12.2. The van der Waals surface area contributed by atoms with E-state index in [-0.39, 0.29) is 18.5 Å². The number of carboxylic acid groups (broad SMARTS) is 1. The summed E-state index contributed by atoms with van der Waals surface area (Å²) in [6.45, 7) is 4.52. The van der Waals surface area contributed by atoms with Crippen molar-refractivity contribution in [1.29, 1.82) is 0 Å². The molecular formula is C36H68O4. The monoisotopic (exact) mass is 565 g/mol. The van der Waals surface area contributed by atoms with Crippen molar-refractivity contribution in [2.75, 3.05) is 0 Å². The minimum absolute atomic E-state index is 0.00738. The standard InChI is InChI=1S/C36H68O4/c1-3-5-7-9-11-12-13-14-15-16-17-18-20-25-29-33-36(39)40-34(30-26-22-19-10-8-6-4-2)31-27-23-21-24-28-32-35(37)38/h14-15,34H,3-13,16-33H2,1-2H3,(H,37,38)/b15-14-. The molecule has 0 heterocycles. The van der Waals surface area contributed by atoms with E-state index >= 15 is 0 Å². The maximum atomic E-state index is 12.5. The van der Waals surface area contributed by atoms with E-state index in [2.05, 4.69) is 26.0 Å². The van der Waals surface area contributed by atoms with Crippen LogP contribution in [0.15, 0.2) is 12.2 Å². The molecule has 0 aliphatic heterocycles. The van der Waals surface area contributed by atoms with Gasteiger partial charge in [-0.3, -0.25) is 9.59 Å². The maximum absolute atomic E-state index is 12.5. The lowest BCUT2D eigenvalue weighted by Gasteiger charge is -2.18. The Bertz CT molecular complexity index is 571. The van der Waals surface area contributed by atoms with Gasteiger partial charge in [-0.25, -0.2) is 0 Å². The highest BCUT2D eigenvalue weighted by Crippen LogP contribution is 2.18. The van der Waals surface area contributed by atoms with Gasteiger partial charge >= 0.3 is 11.9 Å². The molecule has 0 bridgehead atoms. The summed E-state index contributed by atoms with van der Waals surface area (Å²) in [5.41, 5.74) is 0. The van der Waals surface area contributed by atoms with E-state index in [1.165, 1.54) is 109 Å². The van der Waals surface area contributed by atoms with Gasteiger partial charge in [-0.1, -0.05) is 135 Å². The quantitative estimate of drug-likeness (QED) is 0.0501. The highest BCUT2D eigenvalue weighted by atomic mass is 16.5. The molecule has 0 aromatic rings. The van der Waals surface area contributed by atoms with E-state index in [0.717, 1.165) is 64.2 Å². The second kappa shape index (κ2) is 32.2. The first-order valence-electron chi connectivity index (χ1n) is 17.7. The largest absolute Gasteiger partial charge is 0.481 e. The third-order valence-corrected chi connectivity index (χ3v) is 7.99. The predicted molar refractivity (Wildman–Crippen MR) is 172 cm³/mol. The van der Waals surface area contributed by atoms with Crippen LogP contribution >= 0.6 is 0 Å². The van der Waals surface area contributed by atoms with E-state index in [1.807, 2.05) is 0 Å². The molecule has 0 aliphatic rings. The number of hydrogen-bond acceptors (Lipinski definition) is 3. The number of unbranched alkanes of at least 4 members (excludes halogenated alkanes) is 21. The van der Waals surface area contributed by atoms with Crippen LogP contribution in [0.1, 0.15) is 200 Å². The molecule has 0 saturated heterocycles. The van der Waals surface area contributed by atoms with Crippen LogP contribution in [-0.2, 0) is 14.3 Å². The zero-order valence-electron chi connectivity index (χ0n) is 26.9. The van der Waals surface area contributed by atoms with E-state index in [0.29, 0.717) is 6.42 Å². The molecule has 1 N–H and O–H groups in total. The Kier molecular flexibility index (Phi) is 31.1. The minimum Gasteiger partial charge on any atom is -0.481 e. The Hall–Kier alpha value is -1.32. The van der Waals surface area contributed by atoms with Crippen molar-refractivity contribution in [2.45, 2.75) is 206 Å². The number of carbonyl (C=O) groups excluding carboxylic acids is 1. The fourth-order valence-corrected chi connectivity index (χ4v) is 5.35. The number of carbonyl (C=O) groups is 2. The summed E-state index contributed by atoms with van der Waals surface area (Å²) in [5, 5.41) is 8.77. The van der Waals surface area contributed by atoms with Gasteiger partial charge in [0.25, 0.3) is 0 Å². The highest BCUT2D eigenvalue weighted by Gasteiger charge is 2.14. The van der Waals surface area contributed by atoms with Crippen molar-refractivity contribution < 1.29 is 19.4 Å². The SMILES string of the molecule is CCCCCCCC/C=C\CCCCCCCC(=O)OC(CCCCCCCCC)CCCCCCCC(=O)O. The molecule has 0 aromatic heterocycles. The topological polar surface area (TPSA) is 63.6 Å². The van der Waals surface area contributed by atoms with Crippen LogP contribution in [0.5, 0.6) is 0 Å². The molecule has 40 heavy (non-hydrogen) atoms. The first-order chi connectivity index (χ1) is 19.6. The Morgan fingerprint density at radius 1 is 0.525 bits per heavy atom. The third-order valence-electron chi connectivity index (χ3n) is 7.99. The number of carboxylic acids is 1. The summed E-state index contributed by atoms with van der Waals surface area (Å²) in [4.78, 5) is 23.2. The molecule has 236 valence electrons. The molecular weight excluding hydrogens is 496 g/mol. The molecule has 0 spiro atoms. The van der Waals surface area contributed by atoms with Crippen LogP contribution in [0.25, 0.3) is 0 Å². The molecule has 0 saturated carbocycles. The molecule has 0 aromatic carbocycles. The average Bonchev–Trinajstić information content (AvgIpc) is 2.93. The first kappa shape index (κ1) is 38.7. The van der Waals surface area contributed by atoms with Crippen LogP contribution in [0.4, 0.5) is 0 Å². The van der Waals surface area contributed by atoms with Crippen molar-refractivity contribution in [3.8, 4) is 0 Å². The fourth-order valence-electron chi connectivity index (χ4n) is 5.35. The summed E-state index contributed by atoms with van der Waals surface area (Å²) < 4.78 is 5.95. The number of aliphatic carboxylic acids is 1. The van der Waals surface area contributed by atoms with Crippen molar-refractivity contribution in [3.63, 3.8) is 0 Å². The molecule has 4 nitrogen and oxygen atoms in total. The van der Waals surface area contributed by atoms with Gasteiger partial charge < -0.3 is 9.84 Å². The van der Waals surface area contributed by atoms with Gasteiger partial charge in [0, 0.05) is 12.8 Å². The molecule has 0 rings (SSSR count). The van der Waals surface area contributed by atoms with Crippen molar-refractivity contribution in [2.24, 2.45) is 0 Å². The number of rotatable bonds is 32. The molecule has 0 amide bonds. The molecule has 1 unspecified atom stereocenters. The van der Waals surface area contributed by atoms with Gasteiger partial charge in [0.2, 0.25) is 0 Å². The van der Waals surface area contributed by atoms with E-state index in [9.17, 15) is 9.59 Å². The van der Waals surface area contributed by atoms with Gasteiger partial charge in [-0.05, 0) is 64.2 Å². The van der Waals surface area contributed by atoms with Gasteiger partial charge in [-0.15, -0.1) is 0 Å². The first-order valence-corrected chi connectivity index (χ1v) is 17.7. The lowest BCUT2D eigenvalue weighted by molar-refractivity contribution is -0.150. The Morgan fingerprint density at radius 2 is 0.900 bits per heavy atom. The summed E-state index contributed by atoms with van der Waals surface area (Å²) in [6.07, 6.45) is 37.9. The van der Waals surface area contributed by atoms with Gasteiger partial charge in [-0.2, -0.15) is 0 Å². The number of esters is 1. The second-order valence-corrected chi connectivity index (χ2v) is 12.1. The van der Waals surface area contributed by atoms with E-state index < -0.39 is 5.97 Å². The minimum atomic E-state index is -0.701. The number of ether oxygens (including phenoxy) is 1. The molecule has 0 aliphatic carbocycles. The highest BCUT2D eigenvalue weighted by molar-refractivity contribution is 5.69. The fraction of sp³-hybridized carbons (Fsp3) is 0.889. The lowest BCUT2D eigenvalue weighted by atomic mass is 10.0. The van der Waals surface area contributed by atoms with E-state index in [4.69, 9.17) is 9.84 Å². The van der Waals surface area contributed by atoms with E-state index in [1.54, 1.807) is 0 Å². The smallest absolute Gasteiger partial charge is 0.306 e. The van der Waals surface area contributed by atoms with Crippen LogP contribution < -0.4 is 0 Å². The number of allylic oxidation sites excluding steroid dienone is 2. The molecule has 1 atom stereocenters. The number of hydrogen-bond donors (Lipinski definition) is 1. The van der Waals surface area contributed by atoms with Crippen molar-refractivity contribution in [3.05, 3.63) is 12.2 Å². The zero-order valence-corrected chi connectivity index (χ0v) is 26.9. The molecule has 0 fully saturated rings. The van der Waals surface area contributed by atoms with Gasteiger partial charge in [0.05, 0.1) is 0 Å². The van der Waals surface area contributed by atoms with Crippen LogP contribution in [-0.4, -0.2) is 23.1 Å². The van der Waals surface area contributed by atoms with Crippen LogP contribution in [0, 0.1) is 0 Å². The summed E-state index contributed by atoms with van der Waals surface area (Å²) in [6, 6.07) is 0. The summed E-state index contributed by atoms with van der Waals surface area (Å²) in [7, 11) is 0. The molecule has 0 radical (unpaired) electrons. The lowest BCUT2D eigenvalue weighted by Crippen LogP contribution is -2.18. The summed E-state index contributed by atoms with van der Waals surface area (Å²) in [5.74, 6) is -0.708. The van der Waals surface area contributed by atoms with Crippen molar-refractivity contribution in [1.82, 2.24) is 0 Å². The molecule has 4 heteroatoms. The predicted octanol–water partition coefficient (Wildman–Crippen LogP) is 11.9. The Labute approximate surface area is 249 Å². The van der Waals surface area contributed by atoms with Crippen molar-refractivity contribution >= 4 is 11.9 Å². The average molecular weight is 565 g/mol. The third kappa shape index (κ3) is 31.2. The van der Waals surface area contributed by atoms with Crippen LogP contribution in [0.2, 0.25) is 0 Å². The Balaban J connectivity index is 3.95. The van der Waals surface area contributed by atoms with Gasteiger partial charge in [0.1, 0.15) is 6.10 Å².